The van der Waals surface area contributed by atoms with Gasteiger partial charge in [-0.3, -0.25) is 6.08 Å². The minimum absolute atomic E-state index is 0. The fraction of sp³-hybridized carbons (Fsp3) is 0.0484. The first-order chi connectivity index (χ1) is 35.8. The molecule has 0 fully saturated rings. The van der Waals surface area contributed by atoms with Crippen LogP contribution in [0.5, 0.6) is 0 Å². The Hall–Kier alpha value is -8.03. The minimum atomic E-state index is 0. The summed E-state index contributed by atoms with van der Waals surface area (Å²) in [6.07, 6.45) is 15.0. The second-order valence-electron chi connectivity index (χ2n) is 16.0. The molecule has 0 unspecified atom stereocenters. The van der Waals surface area contributed by atoms with Crippen molar-refractivity contribution in [3.8, 4) is 0 Å². The number of allylic oxidation sites excluding steroid dienone is 3. The predicted octanol–water partition coefficient (Wildman–Crippen LogP) is 16.9. The number of nitrogens with zero attached hydrogens (tertiary/aromatic N) is 10. The number of fused-ring (bicyclic) bond motifs is 2. The maximum absolute atomic E-state index is 4.55. The van der Waals surface area contributed by atoms with Crippen LogP contribution in [-0.4, -0.2) is 23.0 Å². The number of rotatable bonds is 11. The van der Waals surface area contributed by atoms with Crippen molar-refractivity contribution >= 4 is 69.2 Å². The monoisotopic (exact) mass is 1330 g/mol. The Bertz CT molecular complexity index is 2990. The summed E-state index contributed by atoms with van der Waals surface area (Å²) in [5.41, 5.74) is 10.2. The summed E-state index contributed by atoms with van der Waals surface area (Å²) in [5.74, 6) is 1.87. The van der Waals surface area contributed by atoms with E-state index in [-0.39, 0.29) is 42.1 Å². The fourth-order valence-corrected chi connectivity index (χ4v) is 7.62. The number of para-hydroxylation sites is 7. The molecule has 372 valence electrons. The van der Waals surface area contributed by atoms with Gasteiger partial charge in [-0.25, -0.2) is 16.6 Å². The predicted molar refractivity (Wildman–Crippen MR) is 297 cm³/mol. The maximum Gasteiger partial charge on any atom is 4.00 e. The number of anilines is 7. The van der Waals surface area contributed by atoms with Gasteiger partial charge in [-0.05, 0) is 59.9 Å². The number of hydrogen-bond acceptors (Lipinski definition) is 7. The molecule has 0 saturated heterocycles. The number of hydrogen-bond donors (Lipinski definition) is 0. The molecule has 7 aromatic carbocycles. The van der Waals surface area contributed by atoms with Gasteiger partial charge < -0.3 is 40.5 Å². The van der Waals surface area contributed by atoms with Crippen LogP contribution in [0.15, 0.2) is 266 Å². The summed E-state index contributed by atoms with van der Waals surface area (Å²) in [4.78, 5) is 21.8. The van der Waals surface area contributed by atoms with E-state index < -0.39 is 0 Å². The molecule has 12 heteroatoms. The molecular weight excluding hydrogens is 1270 g/mol. The summed E-state index contributed by atoms with van der Waals surface area (Å²) in [7, 11) is 0. The molecule has 10 nitrogen and oxygen atoms in total. The van der Waals surface area contributed by atoms with E-state index in [0.717, 1.165) is 81.4 Å². The van der Waals surface area contributed by atoms with Gasteiger partial charge >= 0.3 is 21.1 Å². The van der Waals surface area contributed by atoms with Crippen LogP contribution in [0.4, 0.5) is 62.8 Å². The molecule has 0 radical (unpaired) electrons. The summed E-state index contributed by atoms with van der Waals surface area (Å²) < 4.78 is 0. The molecule has 0 amide bonds. The number of pyridine rings is 2. The van der Waals surface area contributed by atoms with E-state index in [1.807, 2.05) is 207 Å². The standard InChI is InChI=1S/C18H15N3.C18H13N3.C13H12N2.C13H11N2.2Pt/c2*1-3-8-15(9-4-1)20-14-21(16-10-5-2-6-11-16)18-17(20)12-7-13-19-18;2*1-3-7-12(8-4-1)14-11-15-13-9-5-2-6-10-13;;/h1,3-5,7-10,12-14H,2,6H2;1-10,12-14H;1-10H,11H2;1-11H;;/q3*-2;-1;;+4. The van der Waals surface area contributed by atoms with Crippen LogP contribution in [0.1, 0.15) is 12.8 Å². The Morgan fingerprint density at radius 1 is 0.514 bits per heavy atom. The average molecular weight is 1330 g/mol. The Morgan fingerprint density at radius 3 is 1.49 bits per heavy atom. The minimum Gasteiger partial charge on any atom is -0.699 e. The Morgan fingerprint density at radius 2 is 0.986 bits per heavy atom. The van der Waals surface area contributed by atoms with E-state index >= 15 is 0 Å². The van der Waals surface area contributed by atoms with Crippen molar-refractivity contribution in [3.05, 3.63) is 302 Å². The first-order valence-electron chi connectivity index (χ1n) is 23.7. The molecule has 3 aliphatic rings. The summed E-state index contributed by atoms with van der Waals surface area (Å²) in [6, 6.07) is 79.1. The summed E-state index contributed by atoms with van der Waals surface area (Å²) in [5, 5.41) is 12.9. The Kier molecular flexibility index (Phi) is 21.0. The normalized spacial score (nSPS) is 12.6. The Labute approximate surface area is 464 Å². The van der Waals surface area contributed by atoms with Crippen LogP contribution < -0.4 is 19.6 Å². The van der Waals surface area contributed by atoms with Crippen LogP contribution in [0.2, 0.25) is 0 Å². The van der Waals surface area contributed by atoms with Gasteiger partial charge in [0.1, 0.15) is 11.6 Å². The van der Waals surface area contributed by atoms with Crippen molar-refractivity contribution in [3.63, 3.8) is 0 Å². The molecule has 9 aromatic rings. The SMILES string of the molecule is C(=Nc1ccccc1)[N-]c1ccccc1.[C-]1=C(N2[CH-]N(c3ccccc3)c3cccnc32)C=CCC1.[Pt+4].[Pt].[c-]1ccccc1N1[CH-]N(c2ccccc2)c2cccnc21.c1ccc([N-]C[N-]c2ccccc2)cc1. The maximum atomic E-state index is 4.55. The van der Waals surface area contributed by atoms with Gasteiger partial charge in [0.2, 0.25) is 0 Å². The number of benzene rings is 7. The van der Waals surface area contributed by atoms with Gasteiger partial charge in [0.25, 0.3) is 0 Å². The molecule has 1 aliphatic carbocycles. The summed E-state index contributed by atoms with van der Waals surface area (Å²) in [6.45, 7) is 4.62. The van der Waals surface area contributed by atoms with Crippen molar-refractivity contribution in [1.82, 2.24) is 9.97 Å². The second kappa shape index (κ2) is 28.9. The smallest absolute Gasteiger partial charge is 0.699 e. The third-order valence-corrected chi connectivity index (χ3v) is 11.1. The molecule has 2 aromatic heterocycles. The molecule has 12 rings (SSSR count). The van der Waals surface area contributed by atoms with Crippen LogP contribution in [-0.2, 0) is 42.1 Å². The van der Waals surface area contributed by atoms with Crippen molar-refractivity contribution in [2.75, 3.05) is 26.3 Å². The number of aromatic nitrogens is 2. The van der Waals surface area contributed by atoms with Gasteiger partial charge in [0.05, 0.1) is 11.4 Å². The van der Waals surface area contributed by atoms with Gasteiger partial charge in [0.15, 0.2) is 0 Å². The third kappa shape index (κ3) is 15.0. The van der Waals surface area contributed by atoms with Gasteiger partial charge in [0, 0.05) is 44.8 Å². The largest absolute Gasteiger partial charge is 4.00 e. The van der Waals surface area contributed by atoms with Crippen LogP contribution in [0.25, 0.3) is 16.0 Å². The van der Waals surface area contributed by atoms with E-state index in [1.165, 1.54) is 0 Å². The van der Waals surface area contributed by atoms with Crippen molar-refractivity contribution < 1.29 is 42.1 Å². The second-order valence-corrected chi connectivity index (χ2v) is 16.0. The molecule has 0 N–H and O–H groups in total. The van der Waals surface area contributed by atoms with E-state index in [2.05, 4.69) is 125 Å². The van der Waals surface area contributed by atoms with Gasteiger partial charge in [-0.1, -0.05) is 170 Å². The molecular formula is C62H51N10Pt2-3. The average Bonchev–Trinajstić information content (AvgIpc) is 4.06. The van der Waals surface area contributed by atoms with Crippen LogP contribution in [0.3, 0.4) is 0 Å². The summed E-state index contributed by atoms with van der Waals surface area (Å²) >= 11 is 0. The Balaban J connectivity index is 0.000000145. The van der Waals surface area contributed by atoms with E-state index in [1.54, 1.807) is 6.34 Å². The molecule has 0 bridgehead atoms. The third-order valence-electron chi connectivity index (χ3n) is 11.1. The van der Waals surface area contributed by atoms with E-state index in [4.69, 9.17) is 0 Å². The molecule has 0 saturated carbocycles. The fourth-order valence-electron chi connectivity index (χ4n) is 7.62. The van der Waals surface area contributed by atoms with Crippen molar-refractivity contribution in [2.24, 2.45) is 4.99 Å². The topological polar surface area (TPSA) is 93.4 Å². The van der Waals surface area contributed by atoms with E-state index in [9.17, 15) is 0 Å². The molecule has 2 aliphatic heterocycles. The van der Waals surface area contributed by atoms with Crippen molar-refractivity contribution in [1.29, 1.82) is 0 Å². The zero-order valence-corrected chi connectivity index (χ0v) is 44.8. The molecule has 0 atom stereocenters. The van der Waals surface area contributed by atoms with Crippen molar-refractivity contribution in [2.45, 2.75) is 12.8 Å². The van der Waals surface area contributed by atoms with Crippen LogP contribution in [0, 0.1) is 25.5 Å². The zero-order valence-electron chi connectivity index (χ0n) is 40.2. The molecule has 4 heterocycles. The van der Waals surface area contributed by atoms with Gasteiger partial charge in [-0.2, -0.15) is 48.2 Å². The quantitative estimate of drug-likeness (QED) is 0.0728. The first-order valence-corrected chi connectivity index (χ1v) is 23.7. The molecule has 0 spiro atoms. The van der Waals surface area contributed by atoms with E-state index in [0.29, 0.717) is 6.67 Å². The molecule has 74 heavy (non-hydrogen) atoms. The first kappa shape index (κ1) is 53.8. The van der Waals surface area contributed by atoms with Crippen LogP contribution >= 0.6 is 0 Å². The number of aliphatic imine (C=N–C) groups is 1. The zero-order chi connectivity index (χ0) is 48.8. The van der Waals surface area contributed by atoms with Gasteiger partial charge in [-0.15, -0.1) is 36.8 Å².